The van der Waals surface area contributed by atoms with E-state index in [1.54, 1.807) is 6.07 Å². The van der Waals surface area contributed by atoms with Crippen molar-refractivity contribution in [1.82, 2.24) is 10.6 Å². The fraction of sp³-hybridized carbons (Fsp3) is 0.562. The Balaban J connectivity index is 1.90. The van der Waals surface area contributed by atoms with Crippen molar-refractivity contribution in [3.05, 3.63) is 29.6 Å². The molecule has 4 nitrogen and oxygen atoms in total. The van der Waals surface area contributed by atoms with Crippen molar-refractivity contribution in [3.63, 3.8) is 0 Å². The Morgan fingerprint density at radius 3 is 2.90 bits per heavy atom. The zero-order chi connectivity index (χ0) is 15.2. The topological polar surface area (TPSA) is 50.4 Å². The Kier molecular flexibility index (Phi) is 5.56. The number of carbonyl (C=O) groups excluding carboxylic acids is 1. The Morgan fingerprint density at radius 2 is 2.24 bits per heavy atom. The fourth-order valence-electron chi connectivity index (χ4n) is 2.19. The van der Waals surface area contributed by atoms with Crippen LogP contribution >= 0.6 is 0 Å². The van der Waals surface area contributed by atoms with E-state index in [9.17, 15) is 9.18 Å². The average Bonchev–Trinajstić information content (AvgIpc) is 3.23. The van der Waals surface area contributed by atoms with Crippen molar-refractivity contribution in [1.29, 1.82) is 0 Å². The van der Waals surface area contributed by atoms with Gasteiger partial charge in [-0.3, -0.25) is 4.79 Å². The lowest BCUT2D eigenvalue weighted by Gasteiger charge is -2.17. The second kappa shape index (κ2) is 7.41. The van der Waals surface area contributed by atoms with E-state index in [1.807, 2.05) is 13.8 Å². The molecule has 0 saturated heterocycles. The summed E-state index contributed by atoms with van der Waals surface area (Å²) in [5.74, 6) is 0.165. The van der Waals surface area contributed by atoms with Gasteiger partial charge in [0.15, 0.2) is 0 Å². The van der Waals surface area contributed by atoms with Gasteiger partial charge in [0.25, 0.3) is 0 Å². The molecule has 1 aromatic rings. The smallest absolute Gasteiger partial charge is 0.223 e. The minimum Gasteiger partial charge on any atom is -0.493 e. The SMILES string of the molecule is CCNC(C)c1ccc(F)cc1OCCC(=O)NC1CC1. The van der Waals surface area contributed by atoms with Crippen LogP contribution in [0.4, 0.5) is 4.39 Å². The molecule has 2 N–H and O–H groups in total. The number of hydrogen-bond donors (Lipinski definition) is 2. The lowest BCUT2D eigenvalue weighted by atomic mass is 10.1. The highest BCUT2D eigenvalue weighted by Gasteiger charge is 2.23. The van der Waals surface area contributed by atoms with Gasteiger partial charge in [0.2, 0.25) is 5.91 Å². The summed E-state index contributed by atoms with van der Waals surface area (Å²) in [6.45, 7) is 5.10. The molecule has 1 aliphatic rings. The molecule has 1 unspecified atom stereocenters. The molecule has 1 atom stereocenters. The summed E-state index contributed by atoms with van der Waals surface area (Å²) in [5.41, 5.74) is 0.904. The van der Waals surface area contributed by atoms with E-state index >= 15 is 0 Å². The van der Waals surface area contributed by atoms with Gasteiger partial charge in [-0.15, -0.1) is 0 Å². The summed E-state index contributed by atoms with van der Waals surface area (Å²) in [5, 5.41) is 6.18. The Hall–Kier alpha value is -1.62. The van der Waals surface area contributed by atoms with Crippen molar-refractivity contribution in [2.75, 3.05) is 13.2 Å². The zero-order valence-corrected chi connectivity index (χ0v) is 12.6. The minimum absolute atomic E-state index is 0.00446. The molecule has 0 aromatic heterocycles. The summed E-state index contributed by atoms with van der Waals surface area (Å²) in [6.07, 6.45) is 2.43. The van der Waals surface area contributed by atoms with Gasteiger partial charge in [-0.2, -0.15) is 0 Å². The van der Waals surface area contributed by atoms with Crippen LogP contribution in [0, 0.1) is 5.82 Å². The van der Waals surface area contributed by atoms with Crippen molar-refractivity contribution in [2.24, 2.45) is 0 Å². The van der Waals surface area contributed by atoms with Gasteiger partial charge >= 0.3 is 0 Å². The Labute approximate surface area is 125 Å². The molecule has 1 amide bonds. The Bertz CT molecular complexity index is 489. The number of hydrogen-bond acceptors (Lipinski definition) is 3. The molecular formula is C16H23FN2O2. The van der Waals surface area contributed by atoms with Crippen LogP contribution in [0.25, 0.3) is 0 Å². The number of rotatable bonds is 8. The maximum Gasteiger partial charge on any atom is 0.223 e. The van der Waals surface area contributed by atoms with Crippen molar-refractivity contribution < 1.29 is 13.9 Å². The first-order valence-electron chi connectivity index (χ1n) is 7.55. The van der Waals surface area contributed by atoms with Crippen molar-refractivity contribution in [3.8, 4) is 5.75 Å². The van der Waals surface area contributed by atoms with Gasteiger partial charge in [0.1, 0.15) is 11.6 Å². The first-order chi connectivity index (χ1) is 10.1. The van der Waals surface area contributed by atoms with Gasteiger partial charge in [0, 0.05) is 23.7 Å². The quantitative estimate of drug-likeness (QED) is 0.774. The summed E-state index contributed by atoms with van der Waals surface area (Å²) in [6, 6.07) is 4.96. The predicted octanol–water partition coefficient (Wildman–Crippen LogP) is 2.54. The molecule has 0 radical (unpaired) electrons. The molecule has 0 bridgehead atoms. The first-order valence-corrected chi connectivity index (χ1v) is 7.55. The number of ether oxygens (including phenoxy) is 1. The Morgan fingerprint density at radius 1 is 1.48 bits per heavy atom. The van der Waals surface area contributed by atoms with E-state index in [4.69, 9.17) is 4.74 Å². The van der Waals surface area contributed by atoms with Crippen LogP contribution in [0.3, 0.4) is 0 Å². The second-order valence-corrected chi connectivity index (χ2v) is 5.40. The van der Waals surface area contributed by atoms with Crippen LogP contribution in [0.1, 0.15) is 44.7 Å². The summed E-state index contributed by atoms with van der Waals surface area (Å²) < 4.78 is 19.0. The lowest BCUT2D eigenvalue weighted by Crippen LogP contribution is -2.27. The van der Waals surface area contributed by atoms with Crippen LogP contribution in [-0.2, 0) is 4.79 Å². The number of amides is 1. The third kappa shape index (κ3) is 5.01. The van der Waals surface area contributed by atoms with Crippen LogP contribution in [0.15, 0.2) is 18.2 Å². The van der Waals surface area contributed by atoms with Crippen LogP contribution in [0.2, 0.25) is 0 Å². The highest BCUT2D eigenvalue weighted by atomic mass is 19.1. The van der Waals surface area contributed by atoms with E-state index < -0.39 is 0 Å². The highest BCUT2D eigenvalue weighted by Crippen LogP contribution is 2.26. The van der Waals surface area contributed by atoms with Crippen LogP contribution in [-0.4, -0.2) is 25.1 Å². The van der Waals surface area contributed by atoms with E-state index in [1.165, 1.54) is 12.1 Å². The molecule has 0 spiro atoms. The lowest BCUT2D eigenvalue weighted by molar-refractivity contribution is -0.121. The second-order valence-electron chi connectivity index (χ2n) is 5.40. The van der Waals surface area contributed by atoms with Crippen LogP contribution in [0.5, 0.6) is 5.75 Å². The van der Waals surface area contributed by atoms with Crippen LogP contribution < -0.4 is 15.4 Å². The highest BCUT2D eigenvalue weighted by molar-refractivity contribution is 5.76. The molecule has 1 aliphatic carbocycles. The minimum atomic E-state index is -0.333. The number of nitrogens with one attached hydrogen (secondary N) is 2. The van der Waals surface area contributed by atoms with Crippen molar-refractivity contribution >= 4 is 5.91 Å². The van der Waals surface area contributed by atoms with Gasteiger partial charge < -0.3 is 15.4 Å². The van der Waals surface area contributed by atoms with Gasteiger partial charge in [-0.1, -0.05) is 13.0 Å². The van der Waals surface area contributed by atoms with Gasteiger partial charge in [0.05, 0.1) is 13.0 Å². The molecule has 2 rings (SSSR count). The number of carbonyl (C=O) groups is 1. The molecule has 1 aromatic carbocycles. The largest absolute Gasteiger partial charge is 0.493 e. The molecule has 0 heterocycles. The number of halogens is 1. The fourth-order valence-corrected chi connectivity index (χ4v) is 2.19. The first kappa shape index (κ1) is 15.8. The summed E-state index contributed by atoms with van der Waals surface area (Å²) in [4.78, 5) is 11.6. The normalized spacial score (nSPS) is 15.6. The molecular weight excluding hydrogens is 271 g/mol. The zero-order valence-electron chi connectivity index (χ0n) is 12.6. The summed E-state index contributed by atoms with van der Waals surface area (Å²) in [7, 11) is 0. The molecule has 1 saturated carbocycles. The standard InChI is InChI=1S/C16H23FN2O2/c1-3-18-11(2)14-7-4-12(17)10-15(14)21-9-8-16(20)19-13-5-6-13/h4,7,10-11,13,18H,3,5-6,8-9H2,1-2H3,(H,19,20). The third-order valence-electron chi connectivity index (χ3n) is 3.48. The molecule has 5 heteroatoms. The van der Waals surface area contributed by atoms with E-state index in [0.717, 1.165) is 24.9 Å². The van der Waals surface area contributed by atoms with Crippen molar-refractivity contribution in [2.45, 2.75) is 45.2 Å². The van der Waals surface area contributed by atoms with E-state index in [-0.39, 0.29) is 24.4 Å². The van der Waals surface area contributed by atoms with E-state index in [2.05, 4.69) is 10.6 Å². The third-order valence-corrected chi connectivity index (χ3v) is 3.48. The molecule has 0 aliphatic heterocycles. The summed E-state index contributed by atoms with van der Waals surface area (Å²) >= 11 is 0. The number of benzene rings is 1. The molecule has 1 fully saturated rings. The van der Waals surface area contributed by atoms with Gasteiger partial charge in [-0.25, -0.2) is 4.39 Å². The van der Waals surface area contributed by atoms with E-state index in [0.29, 0.717) is 18.2 Å². The monoisotopic (exact) mass is 294 g/mol. The average molecular weight is 294 g/mol. The predicted molar refractivity (Wildman–Crippen MR) is 79.8 cm³/mol. The van der Waals surface area contributed by atoms with Gasteiger partial charge in [-0.05, 0) is 32.4 Å². The molecule has 116 valence electrons. The maximum atomic E-state index is 13.4. The maximum absolute atomic E-state index is 13.4. The molecule has 21 heavy (non-hydrogen) atoms.